The minimum absolute atomic E-state index is 0.114. The lowest BCUT2D eigenvalue weighted by Gasteiger charge is -2.11. The number of para-hydroxylation sites is 2. The fourth-order valence-corrected chi connectivity index (χ4v) is 3.39. The lowest BCUT2D eigenvalue weighted by atomic mass is 10.1. The van der Waals surface area contributed by atoms with Gasteiger partial charge < -0.3 is 20.5 Å². The number of hydrogen-bond acceptors (Lipinski definition) is 10. The summed E-state index contributed by atoms with van der Waals surface area (Å²) < 4.78 is 9.59. The second kappa shape index (κ2) is 16.5. The van der Waals surface area contributed by atoms with Crippen LogP contribution < -0.4 is 11.1 Å². The number of benzene rings is 2. The van der Waals surface area contributed by atoms with Crippen molar-refractivity contribution >= 4 is 40.9 Å². The van der Waals surface area contributed by atoms with Crippen LogP contribution in [0, 0.1) is 27.7 Å². The Hall–Kier alpha value is -4.57. The topological polar surface area (TPSA) is 142 Å². The van der Waals surface area contributed by atoms with E-state index in [0.717, 1.165) is 33.6 Å². The van der Waals surface area contributed by atoms with E-state index in [4.69, 9.17) is 26.8 Å². The number of carbonyl (C=O) groups is 2. The molecule has 0 fully saturated rings. The molecule has 4 rings (SSSR count). The molecule has 2 heterocycles. The van der Waals surface area contributed by atoms with Crippen LogP contribution >= 0.6 is 11.6 Å². The van der Waals surface area contributed by atoms with E-state index < -0.39 is 11.9 Å². The highest BCUT2D eigenvalue weighted by atomic mass is 35.5. The van der Waals surface area contributed by atoms with Gasteiger partial charge in [0.15, 0.2) is 0 Å². The van der Waals surface area contributed by atoms with Crippen molar-refractivity contribution in [3.63, 3.8) is 0 Å². The fourth-order valence-electron chi connectivity index (χ4n) is 3.30. The Kier molecular flexibility index (Phi) is 13.1. The highest BCUT2D eigenvalue weighted by Gasteiger charge is 2.09. The van der Waals surface area contributed by atoms with Crippen molar-refractivity contribution in [2.75, 3.05) is 24.3 Å². The summed E-state index contributed by atoms with van der Waals surface area (Å²) in [6, 6.07) is 12.1. The van der Waals surface area contributed by atoms with E-state index >= 15 is 0 Å². The van der Waals surface area contributed by atoms with Crippen LogP contribution in [0.15, 0.2) is 61.2 Å². The zero-order chi connectivity index (χ0) is 30.4. The number of esters is 2. The van der Waals surface area contributed by atoms with Crippen LogP contribution in [0.2, 0.25) is 5.28 Å². The standard InChI is InChI=1S/C15H17N3O2.C8H11N.C7H7ClN2O2/c1-4-20-14(19)12-8-16-15(17-9-12)18-13-10(2)6-5-7-11(13)3;1-6-4-3-5-7(2)8(6)9;1-2-12-6(11)5-3-9-7(8)10-4-5/h5-9H,4H2,1-3H3,(H,16,17,18);3-5H,9H2,1-2H3;3-4H,2H2,1H3. The third kappa shape index (κ3) is 10.5. The van der Waals surface area contributed by atoms with Gasteiger partial charge in [-0.15, -0.1) is 0 Å². The second-order valence-corrected chi connectivity index (χ2v) is 9.01. The Balaban J connectivity index is 0.000000237. The first-order chi connectivity index (χ1) is 19.6. The molecule has 11 heteroatoms. The van der Waals surface area contributed by atoms with Crippen LogP contribution in [-0.4, -0.2) is 45.1 Å². The smallest absolute Gasteiger partial charge is 0.341 e. The Morgan fingerprint density at radius 3 is 1.51 bits per heavy atom. The first kappa shape index (κ1) is 32.6. The third-order valence-corrected chi connectivity index (χ3v) is 5.75. The van der Waals surface area contributed by atoms with Crippen molar-refractivity contribution < 1.29 is 19.1 Å². The summed E-state index contributed by atoms with van der Waals surface area (Å²) in [7, 11) is 0. The number of aromatic nitrogens is 4. The quantitative estimate of drug-likeness (QED) is 0.154. The normalized spacial score (nSPS) is 9.83. The molecule has 0 spiro atoms. The van der Waals surface area contributed by atoms with Gasteiger partial charge in [0.05, 0.1) is 24.3 Å². The molecule has 4 aromatic rings. The maximum Gasteiger partial charge on any atom is 0.341 e. The Bertz CT molecular complexity index is 1390. The number of nitrogen functional groups attached to an aromatic ring is 1. The average Bonchev–Trinajstić information content (AvgIpc) is 2.95. The van der Waals surface area contributed by atoms with Gasteiger partial charge in [0, 0.05) is 36.2 Å². The predicted molar refractivity (Wildman–Crippen MR) is 161 cm³/mol. The van der Waals surface area contributed by atoms with Gasteiger partial charge in [-0.3, -0.25) is 0 Å². The summed E-state index contributed by atoms with van der Waals surface area (Å²) in [5.41, 5.74) is 12.8. The molecule has 0 aliphatic carbocycles. The van der Waals surface area contributed by atoms with E-state index in [9.17, 15) is 9.59 Å². The molecule has 2 aromatic heterocycles. The summed E-state index contributed by atoms with van der Waals surface area (Å²) in [6.07, 6.45) is 5.57. The van der Waals surface area contributed by atoms with E-state index in [1.807, 2.05) is 64.1 Å². The number of nitrogens with one attached hydrogen (secondary N) is 1. The van der Waals surface area contributed by atoms with Gasteiger partial charge in [0.2, 0.25) is 11.2 Å². The number of nitrogens with zero attached hydrogens (tertiary/aromatic N) is 4. The molecule has 0 bridgehead atoms. The van der Waals surface area contributed by atoms with E-state index in [1.54, 1.807) is 13.8 Å². The van der Waals surface area contributed by atoms with E-state index in [0.29, 0.717) is 30.3 Å². The second-order valence-electron chi connectivity index (χ2n) is 8.67. The zero-order valence-corrected chi connectivity index (χ0v) is 24.8. The number of ether oxygens (including phenoxy) is 2. The fraction of sp³-hybridized carbons (Fsp3) is 0.267. The SMILES string of the molecule is CCOC(=O)c1cnc(Cl)nc1.CCOC(=O)c1cnc(Nc2c(C)cccc2C)nc1.Cc1cccc(C)c1N. The van der Waals surface area contributed by atoms with Crippen LogP contribution in [0.5, 0.6) is 0 Å². The lowest BCUT2D eigenvalue weighted by molar-refractivity contribution is 0.0515. The Labute approximate surface area is 245 Å². The molecule has 0 aliphatic heterocycles. The van der Waals surface area contributed by atoms with Crippen LogP contribution in [0.4, 0.5) is 17.3 Å². The van der Waals surface area contributed by atoms with Crippen molar-refractivity contribution in [2.45, 2.75) is 41.5 Å². The van der Waals surface area contributed by atoms with Crippen LogP contribution in [-0.2, 0) is 9.47 Å². The number of hydrogen-bond donors (Lipinski definition) is 2. The summed E-state index contributed by atoms with van der Waals surface area (Å²) in [4.78, 5) is 38.1. The predicted octanol–water partition coefficient (Wildman–Crippen LogP) is 6.21. The number of rotatable bonds is 6. The molecule has 2 aromatic carbocycles. The van der Waals surface area contributed by atoms with Crippen molar-refractivity contribution in [3.05, 3.63) is 99.8 Å². The number of halogens is 1. The van der Waals surface area contributed by atoms with Gasteiger partial charge in [-0.25, -0.2) is 29.5 Å². The summed E-state index contributed by atoms with van der Waals surface area (Å²) in [6.45, 7) is 12.2. The Morgan fingerprint density at radius 1 is 0.732 bits per heavy atom. The molecular formula is C30H35ClN6O4. The lowest BCUT2D eigenvalue weighted by Crippen LogP contribution is -2.07. The average molecular weight is 579 g/mol. The molecule has 0 aliphatic rings. The molecule has 0 atom stereocenters. The van der Waals surface area contributed by atoms with Crippen LogP contribution in [0.25, 0.3) is 0 Å². The van der Waals surface area contributed by atoms with E-state index in [-0.39, 0.29) is 5.28 Å². The van der Waals surface area contributed by atoms with Gasteiger partial charge in [-0.2, -0.15) is 0 Å². The van der Waals surface area contributed by atoms with E-state index in [1.165, 1.54) is 24.8 Å². The van der Waals surface area contributed by atoms with Gasteiger partial charge in [0.1, 0.15) is 0 Å². The number of aryl methyl sites for hydroxylation is 4. The van der Waals surface area contributed by atoms with Crippen molar-refractivity contribution in [1.29, 1.82) is 0 Å². The van der Waals surface area contributed by atoms with Crippen molar-refractivity contribution in [3.8, 4) is 0 Å². The zero-order valence-electron chi connectivity index (χ0n) is 24.1. The van der Waals surface area contributed by atoms with Gasteiger partial charge in [-0.05, 0) is 75.4 Å². The monoisotopic (exact) mass is 578 g/mol. The first-order valence-electron chi connectivity index (χ1n) is 12.9. The molecule has 0 amide bonds. The molecule has 0 saturated heterocycles. The number of nitrogens with two attached hydrogens (primary N) is 1. The highest BCUT2D eigenvalue weighted by Crippen LogP contribution is 2.22. The molecule has 10 nitrogen and oxygen atoms in total. The first-order valence-corrected chi connectivity index (χ1v) is 13.2. The maximum absolute atomic E-state index is 11.5. The van der Waals surface area contributed by atoms with Crippen molar-refractivity contribution in [2.24, 2.45) is 0 Å². The highest BCUT2D eigenvalue weighted by molar-refractivity contribution is 6.28. The van der Waals surface area contributed by atoms with E-state index in [2.05, 4.69) is 25.3 Å². The molecule has 41 heavy (non-hydrogen) atoms. The molecule has 216 valence electrons. The molecule has 0 radical (unpaired) electrons. The number of anilines is 3. The molecule has 0 unspecified atom stereocenters. The summed E-state index contributed by atoms with van der Waals surface area (Å²) in [5, 5.41) is 3.28. The molecule has 0 saturated carbocycles. The van der Waals surface area contributed by atoms with Crippen molar-refractivity contribution in [1.82, 2.24) is 19.9 Å². The third-order valence-electron chi connectivity index (χ3n) is 5.55. The van der Waals surface area contributed by atoms with Gasteiger partial charge in [-0.1, -0.05) is 36.4 Å². The maximum atomic E-state index is 11.5. The summed E-state index contributed by atoms with van der Waals surface area (Å²) in [5.74, 6) is -0.393. The number of carbonyl (C=O) groups excluding carboxylic acids is 2. The summed E-state index contributed by atoms with van der Waals surface area (Å²) >= 11 is 5.42. The van der Waals surface area contributed by atoms with Gasteiger partial charge in [0.25, 0.3) is 0 Å². The van der Waals surface area contributed by atoms with Crippen LogP contribution in [0.1, 0.15) is 56.8 Å². The molecular weight excluding hydrogens is 544 g/mol. The minimum atomic E-state index is -0.436. The largest absolute Gasteiger partial charge is 0.462 e. The minimum Gasteiger partial charge on any atom is -0.462 e. The Morgan fingerprint density at radius 2 is 1.12 bits per heavy atom. The van der Waals surface area contributed by atoms with Crippen LogP contribution in [0.3, 0.4) is 0 Å². The molecule has 3 N–H and O–H groups in total. The van der Waals surface area contributed by atoms with Gasteiger partial charge >= 0.3 is 11.9 Å².